The number of thiazole rings is 1. The van der Waals surface area contributed by atoms with E-state index in [4.69, 9.17) is 4.98 Å². The zero-order valence-corrected chi connectivity index (χ0v) is 11.9. The third-order valence-corrected chi connectivity index (χ3v) is 4.86. The van der Waals surface area contributed by atoms with Gasteiger partial charge in [-0.25, -0.2) is 4.98 Å². The highest BCUT2D eigenvalue weighted by molar-refractivity contribution is 7.18. The van der Waals surface area contributed by atoms with Crippen LogP contribution in [0.4, 0.5) is 0 Å². The van der Waals surface area contributed by atoms with Crippen LogP contribution in [-0.4, -0.2) is 16.5 Å². The highest BCUT2D eigenvalue weighted by Gasteiger charge is 2.21. The van der Waals surface area contributed by atoms with Crippen LogP contribution in [-0.2, 0) is 0 Å². The van der Waals surface area contributed by atoms with Crippen LogP contribution in [0.1, 0.15) is 23.9 Å². The second-order valence-corrected chi connectivity index (χ2v) is 6.14. The standard InChI is InChI=1S/C16H15N3S/c1-2-5-11(6-3-1)14-15-13(8-10-18-14)20-16(19-15)12-7-4-9-17-12/h1-3,5-6,8,10,12,17H,4,7,9H2. The fourth-order valence-electron chi connectivity index (χ4n) is 2.72. The van der Waals surface area contributed by atoms with E-state index in [2.05, 4.69) is 28.5 Å². The molecule has 1 aromatic carbocycles. The van der Waals surface area contributed by atoms with E-state index in [-0.39, 0.29) is 0 Å². The molecular weight excluding hydrogens is 266 g/mol. The first-order valence-corrected chi connectivity index (χ1v) is 7.78. The lowest BCUT2D eigenvalue weighted by Crippen LogP contribution is -2.12. The topological polar surface area (TPSA) is 37.8 Å². The van der Waals surface area contributed by atoms with Gasteiger partial charge in [-0.1, -0.05) is 30.3 Å². The number of nitrogens with one attached hydrogen (secondary N) is 1. The molecule has 0 saturated carbocycles. The summed E-state index contributed by atoms with van der Waals surface area (Å²) in [6.07, 6.45) is 4.31. The smallest absolute Gasteiger partial charge is 0.111 e. The summed E-state index contributed by atoms with van der Waals surface area (Å²) in [7, 11) is 0. The minimum absolute atomic E-state index is 0.427. The molecule has 0 bridgehead atoms. The number of pyridine rings is 1. The molecule has 3 nitrogen and oxygen atoms in total. The first-order chi connectivity index (χ1) is 9.92. The van der Waals surface area contributed by atoms with Gasteiger partial charge in [0.05, 0.1) is 16.4 Å². The van der Waals surface area contributed by atoms with E-state index < -0.39 is 0 Å². The van der Waals surface area contributed by atoms with Gasteiger partial charge < -0.3 is 5.32 Å². The van der Waals surface area contributed by atoms with Gasteiger partial charge in [-0.2, -0.15) is 0 Å². The molecule has 1 N–H and O–H groups in total. The average molecular weight is 281 g/mol. The second kappa shape index (κ2) is 4.96. The third-order valence-electron chi connectivity index (χ3n) is 3.73. The van der Waals surface area contributed by atoms with Crippen molar-refractivity contribution in [2.24, 2.45) is 0 Å². The molecule has 1 unspecified atom stereocenters. The van der Waals surface area contributed by atoms with Crippen molar-refractivity contribution >= 4 is 21.6 Å². The number of hydrogen-bond acceptors (Lipinski definition) is 4. The number of hydrogen-bond donors (Lipinski definition) is 1. The molecule has 3 aromatic rings. The largest absolute Gasteiger partial charge is 0.308 e. The highest BCUT2D eigenvalue weighted by atomic mass is 32.1. The quantitative estimate of drug-likeness (QED) is 0.776. The van der Waals surface area contributed by atoms with Crippen LogP contribution in [0.25, 0.3) is 21.5 Å². The molecule has 0 radical (unpaired) electrons. The van der Waals surface area contributed by atoms with Crippen molar-refractivity contribution in [3.8, 4) is 11.3 Å². The minimum Gasteiger partial charge on any atom is -0.308 e. The van der Waals surface area contributed by atoms with Crippen molar-refractivity contribution in [1.29, 1.82) is 0 Å². The Labute approximate surface area is 121 Å². The predicted octanol–water partition coefficient (Wildman–Crippen LogP) is 3.78. The van der Waals surface area contributed by atoms with E-state index in [1.807, 2.05) is 24.4 Å². The maximum Gasteiger partial charge on any atom is 0.111 e. The van der Waals surface area contributed by atoms with E-state index in [0.29, 0.717) is 6.04 Å². The molecule has 0 amide bonds. The van der Waals surface area contributed by atoms with Crippen LogP contribution in [0, 0.1) is 0 Å². The van der Waals surface area contributed by atoms with E-state index in [9.17, 15) is 0 Å². The third kappa shape index (κ3) is 2.01. The summed E-state index contributed by atoms with van der Waals surface area (Å²) >= 11 is 1.79. The van der Waals surface area contributed by atoms with E-state index in [1.165, 1.54) is 22.5 Å². The Balaban J connectivity index is 1.85. The SMILES string of the molecule is c1ccc(-c2nccc3sc(C4CCCN4)nc23)cc1. The number of aromatic nitrogens is 2. The summed E-state index contributed by atoms with van der Waals surface area (Å²) in [5.74, 6) is 0. The fraction of sp³-hybridized carbons (Fsp3) is 0.250. The fourth-order valence-corrected chi connectivity index (χ4v) is 3.80. The Morgan fingerprint density at radius 1 is 1.15 bits per heavy atom. The summed E-state index contributed by atoms with van der Waals surface area (Å²) in [5.41, 5.74) is 3.16. The van der Waals surface area contributed by atoms with E-state index in [0.717, 1.165) is 23.3 Å². The Kier molecular flexibility index (Phi) is 2.98. The van der Waals surface area contributed by atoms with Gasteiger partial charge in [-0.3, -0.25) is 4.98 Å². The van der Waals surface area contributed by atoms with Gasteiger partial charge in [-0.15, -0.1) is 11.3 Å². The normalized spacial score (nSPS) is 18.7. The number of rotatable bonds is 2. The van der Waals surface area contributed by atoms with E-state index >= 15 is 0 Å². The van der Waals surface area contributed by atoms with Crippen LogP contribution in [0.15, 0.2) is 42.6 Å². The maximum absolute atomic E-state index is 4.86. The lowest BCUT2D eigenvalue weighted by molar-refractivity contribution is 0.644. The molecule has 0 aliphatic carbocycles. The minimum atomic E-state index is 0.427. The molecule has 100 valence electrons. The average Bonchev–Trinajstić information content (AvgIpc) is 3.16. The number of fused-ring (bicyclic) bond motifs is 1. The number of nitrogens with zero attached hydrogens (tertiary/aromatic N) is 2. The summed E-state index contributed by atoms with van der Waals surface area (Å²) in [4.78, 5) is 9.41. The van der Waals surface area contributed by atoms with Crippen LogP contribution in [0.3, 0.4) is 0 Å². The van der Waals surface area contributed by atoms with Crippen molar-refractivity contribution in [1.82, 2.24) is 15.3 Å². The van der Waals surface area contributed by atoms with Crippen molar-refractivity contribution in [3.05, 3.63) is 47.6 Å². The van der Waals surface area contributed by atoms with Crippen LogP contribution >= 0.6 is 11.3 Å². The Morgan fingerprint density at radius 3 is 2.85 bits per heavy atom. The summed E-state index contributed by atoms with van der Waals surface area (Å²) in [6, 6.07) is 12.8. The zero-order valence-electron chi connectivity index (χ0n) is 11.0. The lowest BCUT2D eigenvalue weighted by atomic mass is 10.1. The van der Waals surface area contributed by atoms with Gasteiger partial charge in [0.1, 0.15) is 10.5 Å². The monoisotopic (exact) mass is 281 g/mol. The van der Waals surface area contributed by atoms with Gasteiger partial charge in [-0.05, 0) is 25.5 Å². The Morgan fingerprint density at radius 2 is 2.05 bits per heavy atom. The molecule has 20 heavy (non-hydrogen) atoms. The molecular formula is C16H15N3S. The van der Waals surface area contributed by atoms with Gasteiger partial charge in [0.15, 0.2) is 0 Å². The predicted molar refractivity (Wildman–Crippen MR) is 82.8 cm³/mol. The van der Waals surface area contributed by atoms with Crippen LogP contribution < -0.4 is 5.32 Å². The molecule has 3 heterocycles. The molecule has 1 saturated heterocycles. The molecule has 0 spiro atoms. The summed E-state index contributed by atoms with van der Waals surface area (Å²) in [5, 5.41) is 4.72. The zero-order chi connectivity index (χ0) is 13.4. The van der Waals surface area contributed by atoms with Crippen molar-refractivity contribution in [2.75, 3.05) is 6.54 Å². The van der Waals surface area contributed by atoms with Gasteiger partial charge in [0, 0.05) is 11.8 Å². The van der Waals surface area contributed by atoms with Crippen molar-refractivity contribution in [2.45, 2.75) is 18.9 Å². The Hall–Kier alpha value is -1.78. The number of benzene rings is 1. The van der Waals surface area contributed by atoms with Gasteiger partial charge in [0.2, 0.25) is 0 Å². The molecule has 1 fully saturated rings. The first kappa shape index (κ1) is 12.0. The lowest BCUT2D eigenvalue weighted by Gasteiger charge is -2.04. The summed E-state index contributed by atoms with van der Waals surface area (Å²) < 4.78 is 1.22. The molecule has 1 aliphatic heterocycles. The van der Waals surface area contributed by atoms with Crippen molar-refractivity contribution in [3.63, 3.8) is 0 Å². The van der Waals surface area contributed by atoms with Crippen LogP contribution in [0.5, 0.6) is 0 Å². The highest BCUT2D eigenvalue weighted by Crippen LogP contribution is 2.34. The molecule has 4 heteroatoms. The first-order valence-electron chi connectivity index (χ1n) is 6.96. The molecule has 1 atom stereocenters. The van der Waals surface area contributed by atoms with Crippen molar-refractivity contribution < 1.29 is 0 Å². The molecule has 2 aromatic heterocycles. The Bertz CT molecular complexity index is 730. The molecule has 4 rings (SSSR count). The maximum atomic E-state index is 4.86. The van der Waals surface area contributed by atoms with Crippen LogP contribution in [0.2, 0.25) is 0 Å². The van der Waals surface area contributed by atoms with Gasteiger partial charge in [0.25, 0.3) is 0 Å². The van der Waals surface area contributed by atoms with Gasteiger partial charge >= 0.3 is 0 Å². The summed E-state index contributed by atoms with van der Waals surface area (Å²) in [6.45, 7) is 1.10. The molecule has 1 aliphatic rings. The second-order valence-electron chi connectivity index (χ2n) is 5.07. The van der Waals surface area contributed by atoms with E-state index in [1.54, 1.807) is 11.3 Å².